The van der Waals surface area contributed by atoms with E-state index in [2.05, 4.69) is 41.5 Å². The van der Waals surface area contributed by atoms with Gasteiger partial charge in [-0.3, -0.25) is 0 Å². The Bertz CT molecular complexity index is 1460. The Balaban J connectivity index is 1.27. The smallest absolute Gasteiger partial charge is 0.127 e. The summed E-state index contributed by atoms with van der Waals surface area (Å²) in [7, 11) is 0. The summed E-state index contributed by atoms with van der Waals surface area (Å²) in [6, 6.07) is 0. The van der Waals surface area contributed by atoms with Crippen LogP contribution in [0, 0.1) is 27.7 Å². The van der Waals surface area contributed by atoms with Crippen molar-refractivity contribution >= 4 is 0 Å². The highest BCUT2D eigenvalue weighted by atomic mass is 16.5. The second-order valence-electron chi connectivity index (χ2n) is 20.7. The monoisotopic (exact) mass is 845 g/mol. The minimum atomic E-state index is -0.192. The van der Waals surface area contributed by atoms with Crippen molar-refractivity contribution < 1.29 is 19.7 Å². The van der Waals surface area contributed by atoms with Gasteiger partial charge >= 0.3 is 0 Å². The van der Waals surface area contributed by atoms with Crippen LogP contribution in [0.3, 0.4) is 0 Å². The molecule has 0 aromatic heterocycles. The first-order chi connectivity index (χ1) is 29.4. The molecule has 0 amide bonds. The third-order valence-corrected chi connectivity index (χ3v) is 15.3. The van der Waals surface area contributed by atoms with Gasteiger partial charge in [0.15, 0.2) is 0 Å². The predicted molar refractivity (Wildman–Crippen MR) is 263 cm³/mol. The molecule has 0 saturated carbocycles. The summed E-state index contributed by atoms with van der Waals surface area (Å²) in [6.07, 6.45) is 44.7. The van der Waals surface area contributed by atoms with Gasteiger partial charge < -0.3 is 19.7 Å². The van der Waals surface area contributed by atoms with E-state index in [9.17, 15) is 10.2 Å². The van der Waals surface area contributed by atoms with E-state index in [4.69, 9.17) is 9.47 Å². The van der Waals surface area contributed by atoms with E-state index in [0.717, 1.165) is 94.5 Å². The summed E-state index contributed by atoms with van der Waals surface area (Å²) in [5.74, 6) is 2.67. The molecule has 0 bridgehead atoms. The maximum absolute atomic E-state index is 11.8. The van der Waals surface area contributed by atoms with E-state index in [1.54, 1.807) is 0 Å². The Kier molecular flexibility index (Phi) is 22.8. The van der Waals surface area contributed by atoms with Crippen LogP contribution in [-0.4, -0.2) is 21.4 Å². The van der Waals surface area contributed by atoms with Gasteiger partial charge in [-0.1, -0.05) is 181 Å². The van der Waals surface area contributed by atoms with E-state index >= 15 is 0 Å². The van der Waals surface area contributed by atoms with Crippen molar-refractivity contribution in [1.82, 2.24) is 0 Å². The summed E-state index contributed by atoms with van der Waals surface area (Å²) in [5.41, 5.74) is 7.61. The molecule has 0 aliphatic carbocycles. The molecule has 2 aliphatic heterocycles. The van der Waals surface area contributed by atoms with Gasteiger partial charge in [-0.25, -0.2) is 0 Å². The fourth-order valence-corrected chi connectivity index (χ4v) is 10.6. The average molecular weight is 845 g/mol. The highest BCUT2D eigenvalue weighted by Crippen LogP contribution is 2.49. The number of phenols is 2. The van der Waals surface area contributed by atoms with Crippen molar-refractivity contribution in [2.75, 3.05) is 0 Å². The van der Waals surface area contributed by atoms with Crippen LogP contribution in [0.25, 0.3) is 0 Å². The summed E-state index contributed by atoms with van der Waals surface area (Å²) in [5, 5.41) is 23.5. The number of phenolic OH excluding ortho intramolecular Hbond substituents is 2. The normalized spacial score (nSPS) is 18.5. The number of hydrogen-bond donors (Lipinski definition) is 2. The Morgan fingerprint density at radius 2 is 0.656 bits per heavy atom. The fraction of sp³-hybridized carbons (Fsp3) is 0.789. The Hall–Kier alpha value is -2.36. The molecule has 0 fully saturated rings. The molecule has 4 nitrogen and oxygen atoms in total. The Morgan fingerprint density at radius 1 is 0.393 bits per heavy atom. The molecule has 61 heavy (non-hydrogen) atoms. The fourth-order valence-electron chi connectivity index (χ4n) is 10.6. The number of rotatable bonds is 32. The second kappa shape index (κ2) is 27.1. The first kappa shape index (κ1) is 51.3. The minimum Gasteiger partial charge on any atom is -0.507 e. The van der Waals surface area contributed by atoms with Gasteiger partial charge in [-0.2, -0.15) is 0 Å². The van der Waals surface area contributed by atoms with Crippen LogP contribution in [0.15, 0.2) is 0 Å². The van der Waals surface area contributed by atoms with E-state index in [1.807, 2.05) is 13.8 Å². The van der Waals surface area contributed by atoms with Crippen LogP contribution in [0.2, 0.25) is 0 Å². The third-order valence-electron chi connectivity index (χ3n) is 15.3. The van der Waals surface area contributed by atoms with E-state index in [1.165, 1.54) is 180 Å². The molecule has 2 unspecified atom stereocenters. The predicted octanol–water partition coefficient (Wildman–Crippen LogP) is 17.8. The molecular weight excluding hydrogens is 749 g/mol. The Labute approximate surface area is 377 Å². The van der Waals surface area contributed by atoms with Crippen molar-refractivity contribution in [3.05, 3.63) is 44.5 Å². The zero-order chi connectivity index (χ0) is 44.1. The topological polar surface area (TPSA) is 58.9 Å². The molecule has 0 spiro atoms. The van der Waals surface area contributed by atoms with Gasteiger partial charge in [0.05, 0.1) is 0 Å². The van der Waals surface area contributed by atoms with Crippen LogP contribution in [0.1, 0.15) is 278 Å². The third kappa shape index (κ3) is 16.0. The zero-order valence-electron chi connectivity index (χ0n) is 41.5. The largest absolute Gasteiger partial charge is 0.507 e. The molecule has 348 valence electrons. The van der Waals surface area contributed by atoms with Gasteiger partial charge in [0.2, 0.25) is 0 Å². The average Bonchev–Trinajstić information content (AvgIpc) is 3.25. The Morgan fingerprint density at radius 3 is 0.934 bits per heavy atom. The standard InChI is InChI=1S/C57H96O4/c1-9-11-13-15-17-19-21-23-25-27-29-31-33-35-39-56(7)41-37-48-50(52(58)44(3)46(5)54(48)60-56)43-51-49-38-42-57(8,61-55(49)47(6)45(4)53(51)59)40-36-34-32-30-28-26-24-22-20-18-16-14-12-10-2/h58-59H,9-43H2,1-8H3. The zero-order valence-corrected chi connectivity index (χ0v) is 41.5. The molecular formula is C57H96O4. The lowest BCUT2D eigenvalue weighted by Gasteiger charge is -2.39. The molecule has 2 heterocycles. The summed E-state index contributed by atoms with van der Waals surface area (Å²) < 4.78 is 14.0. The number of fused-ring (bicyclic) bond motifs is 2. The first-order valence-corrected chi connectivity index (χ1v) is 26.5. The lowest BCUT2D eigenvalue weighted by Crippen LogP contribution is -2.37. The van der Waals surface area contributed by atoms with Gasteiger partial charge in [-0.15, -0.1) is 0 Å². The van der Waals surface area contributed by atoms with Gasteiger partial charge in [0.25, 0.3) is 0 Å². The number of benzene rings is 2. The van der Waals surface area contributed by atoms with Gasteiger partial charge in [0.1, 0.15) is 34.2 Å². The van der Waals surface area contributed by atoms with E-state index in [-0.39, 0.29) is 11.2 Å². The quantitative estimate of drug-likeness (QED) is 0.0720. The van der Waals surface area contributed by atoms with Crippen LogP contribution in [-0.2, 0) is 19.3 Å². The molecule has 2 N–H and O–H groups in total. The van der Waals surface area contributed by atoms with Crippen molar-refractivity contribution in [3.8, 4) is 23.0 Å². The van der Waals surface area contributed by atoms with Crippen molar-refractivity contribution in [2.45, 2.75) is 291 Å². The molecule has 2 aromatic carbocycles. The molecule has 2 aliphatic rings. The van der Waals surface area contributed by atoms with Crippen LogP contribution >= 0.6 is 0 Å². The van der Waals surface area contributed by atoms with Crippen molar-refractivity contribution in [2.24, 2.45) is 0 Å². The second-order valence-corrected chi connectivity index (χ2v) is 20.7. The van der Waals surface area contributed by atoms with E-state index < -0.39 is 0 Å². The van der Waals surface area contributed by atoms with Crippen LogP contribution in [0.5, 0.6) is 23.0 Å². The molecule has 0 saturated heterocycles. The van der Waals surface area contributed by atoms with Gasteiger partial charge in [0, 0.05) is 28.7 Å². The molecule has 0 radical (unpaired) electrons. The maximum atomic E-state index is 11.8. The molecule has 4 heteroatoms. The summed E-state index contributed by atoms with van der Waals surface area (Å²) >= 11 is 0. The summed E-state index contributed by atoms with van der Waals surface area (Å²) in [6.45, 7) is 17.5. The minimum absolute atomic E-state index is 0.192. The highest BCUT2D eigenvalue weighted by molar-refractivity contribution is 5.64. The number of ether oxygens (including phenoxy) is 2. The molecule has 2 atom stereocenters. The highest BCUT2D eigenvalue weighted by Gasteiger charge is 2.38. The van der Waals surface area contributed by atoms with Crippen LogP contribution < -0.4 is 9.47 Å². The summed E-state index contributed by atoms with van der Waals surface area (Å²) in [4.78, 5) is 0. The number of aromatic hydroxyl groups is 2. The molecule has 4 rings (SSSR count). The number of hydrogen-bond acceptors (Lipinski definition) is 4. The molecule has 2 aromatic rings. The lowest BCUT2D eigenvalue weighted by atomic mass is 9.80. The van der Waals surface area contributed by atoms with Crippen molar-refractivity contribution in [1.29, 1.82) is 0 Å². The maximum Gasteiger partial charge on any atom is 0.127 e. The van der Waals surface area contributed by atoms with Gasteiger partial charge in [-0.05, 0) is 115 Å². The lowest BCUT2D eigenvalue weighted by molar-refractivity contribution is 0.0519. The number of unbranched alkanes of at least 4 members (excludes halogenated alkanes) is 26. The van der Waals surface area contributed by atoms with Crippen LogP contribution in [0.4, 0.5) is 0 Å². The first-order valence-electron chi connectivity index (χ1n) is 26.5. The van der Waals surface area contributed by atoms with E-state index in [0.29, 0.717) is 17.9 Å². The SMILES string of the molecule is CCCCCCCCCCCCCCCCC1(C)CCc2c(Cc3c(O)c(C)c(C)c4c3CCC(C)(CCCCCCCCCCCCCCCC)O4)c(O)c(C)c(C)c2O1. The van der Waals surface area contributed by atoms with Crippen molar-refractivity contribution in [3.63, 3.8) is 0 Å².